The molecule has 3 rings (SSSR count). The van der Waals surface area contributed by atoms with Crippen LogP contribution in [0.4, 0.5) is 6.01 Å². The first-order valence-corrected chi connectivity index (χ1v) is 6.94. The number of anilines is 1. The standard InChI is InChI=1S/C13H9Cl2N3O4/c14-7-1-2-8(9(15)5-7)11(19)16-13-18-17-12(22-13)10-6-20-3-4-21-10/h1-2,5-6H,3-4H2,(H,16,18,19). The number of rotatable bonds is 3. The van der Waals surface area contributed by atoms with Gasteiger partial charge in [-0.15, -0.1) is 5.10 Å². The normalized spacial score (nSPS) is 13.8. The predicted octanol–water partition coefficient (Wildman–Crippen LogP) is 2.97. The van der Waals surface area contributed by atoms with E-state index < -0.39 is 5.91 Å². The van der Waals surface area contributed by atoms with Crippen molar-refractivity contribution >= 4 is 40.9 Å². The molecule has 0 aliphatic carbocycles. The molecule has 0 saturated heterocycles. The quantitative estimate of drug-likeness (QED) is 0.923. The largest absolute Gasteiger partial charge is 0.494 e. The molecular weight excluding hydrogens is 333 g/mol. The van der Waals surface area contributed by atoms with Gasteiger partial charge in [0.1, 0.15) is 19.5 Å². The van der Waals surface area contributed by atoms with Gasteiger partial charge in [0.15, 0.2) is 0 Å². The van der Waals surface area contributed by atoms with Gasteiger partial charge >= 0.3 is 6.01 Å². The number of carbonyl (C=O) groups is 1. The third-order valence-electron chi connectivity index (χ3n) is 2.68. The van der Waals surface area contributed by atoms with Crippen molar-refractivity contribution in [3.05, 3.63) is 46.0 Å². The van der Waals surface area contributed by atoms with Crippen LogP contribution in [0.3, 0.4) is 0 Å². The summed E-state index contributed by atoms with van der Waals surface area (Å²) < 4.78 is 15.7. The molecule has 1 amide bonds. The number of ether oxygens (including phenoxy) is 2. The number of nitrogens with zero attached hydrogens (tertiary/aromatic N) is 2. The average Bonchev–Trinajstić information content (AvgIpc) is 2.96. The topological polar surface area (TPSA) is 86.5 Å². The van der Waals surface area contributed by atoms with Gasteiger partial charge in [-0.2, -0.15) is 0 Å². The number of hydrogen-bond acceptors (Lipinski definition) is 6. The van der Waals surface area contributed by atoms with E-state index in [0.717, 1.165) is 0 Å². The van der Waals surface area contributed by atoms with E-state index in [2.05, 4.69) is 15.5 Å². The minimum atomic E-state index is -0.494. The molecule has 22 heavy (non-hydrogen) atoms. The highest BCUT2D eigenvalue weighted by molar-refractivity contribution is 6.37. The van der Waals surface area contributed by atoms with Gasteiger partial charge in [-0.05, 0) is 18.2 Å². The molecule has 7 nitrogen and oxygen atoms in total. The van der Waals surface area contributed by atoms with Gasteiger partial charge in [-0.1, -0.05) is 28.3 Å². The molecule has 0 bridgehead atoms. The Hall–Kier alpha value is -2.25. The summed E-state index contributed by atoms with van der Waals surface area (Å²) in [6, 6.07) is 4.44. The number of amides is 1. The number of nitrogens with one attached hydrogen (secondary N) is 1. The van der Waals surface area contributed by atoms with E-state index in [1.54, 1.807) is 6.07 Å². The fourth-order valence-corrected chi connectivity index (χ4v) is 2.19. The van der Waals surface area contributed by atoms with E-state index in [1.807, 2.05) is 0 Å². The predicted molar refractivity (Wildman–Crippen MR) is 78.6 cm³/mol. The molecule has 1 aliphatic heterocycles. The van der Waals surface area contributed by atoms with Gasteiger partial charge in [0.25, 0.3) is 11.8 Å². The molecule has 1 aromatic heterocycles. The first kappa shape index (κ1) is 14.7. The van der Waals surface area contributed by atoms with E-state index in [9.17, 15) is 4.79 Å². The van der Waals surface area contributed by atoms with Gasteiger partial charge in [-0.3, -0.25) is 10.1 Å². The third kappa shape index (κ3) is 3.15. The van der Waals surface area contributed by atoms with Crippen molar-refractivity contribution < 1.29 is 18.7 Å². The Bertz CT molecular complexity index is 745. The Kier molecular flexibility index (Phi) is 4.17. The lowest BCUT2D eigenvalue weighted by molar-refractivity contribution is 0.102. The molecule has 2 heterocycles. The zero-order valence-corrected chi connectivity index (χ0v) is 12.5. The van der Waals surface area contributed by atoms with Crippen LogP contribution >= 0.6 is 23.2 Å². The van der Waals surface area contributed by atoms with Crippen LogP contribution in [0.25, 0.3) is 5.76 Å². The lowest BCUT2D eigenvalue weighted by Gasteiger charge is -2.11. The van der Waals surface area contributed by atoms with Crippen molar-refractivity contribution in [3.8, 4) is 0 Å². The van der Waals surface area contributed by atoms with E-state index >= 15 is 0 Å². The molecule has 0 unspecified atom stereocenters. The molecule has 1 aliphatic rings. The Morgan fingerprint density at radius 3 is 2.82 bits per heavy atom. The zero-order chi connectivity index (χ0) is 15.5. The summed E-state index contributed by atoms with van der Waals surface area (Å²) in [5, 5.41) is 10.6. The van der Waals surface area contributed by atoms with Crippen molar-refractivity contribution in [2.45, 2.75) is 0 Å². The molecule has 2 aromatic rings. The minimum absolute atomic E-state index is 0.0823. The lowest BCUT2D eigenvalue weighted by atomic mass is 10.2. The summed E-state index contributed by atoms with van der Waals surface area (Å²) in [7, 11) is 0. The molecule has 1 aromatic carbocycles. The molecule has 0 atom stereocenters. The Balaban J connectivity index is 1.74. The summed E-state index contributed by atoms with van der Waals surface area (Å²) in [5.41, 5.74) is 0.238. The van der Waals surface area contributed by atoms with Crippen LogP contribution in [0.15, 0.2) is 28.9 Å². The van der Waals surface area contributed by atoms with Gasteiger partial charge in [0.05, 0.1) is 10.6 Å². The maximum Gasteiger partial charge on any atom is 0.322 e. The van der Waals surface area contributed by atoms with Gasteiger partial charge < -0.3 is 13.9 Å². The average molecular weight is 342 g/mol. The van der Waals surface area contributed by atoms with Crippen molar-refractivity contribution in [1.82, 2.24) is 10.2 Å². The molecule has 1 N–H and O–H groups in total. The number of carbonyl (C=O) groups excluding carboxylic acids is 1. The molecule has 9 heteroatoms. The molecule has 114 valence electrons. The van der Waals surface area contributed by atoms with Crippen LogP contribution in [0.1, 0.15) is 16.2 Å². The zero-order valence-electron chi connectivity index (χ0n) is 11.0. The second-order valence-corrected chi connectivity index (χ2v) is 5.04. The van der Waals surface area contributed by atoms with Gasteiger partial charge in [0.2, 0.25) is 5.76 Å². The first-order valence-electron chi connectivity index (χ1n) is 6.18. The third-order valence-corrected chi connectivity index (χ3v) is 3.23. The lowest BCUT2D eigenvalue weighted by Crippen LogP contribution is -2.12. The minimum Gasteiger partial charge on any atom is -0.494 e. The summed E-state index contributed by atoms with van der Waals surface area (Å²) in [6.07, 6.45) is 1.37. The fraction of sp³-hybridized carbons (Fsp3) is 0.154. The Morgan fingerprint density at radius 2 is 2.09 bits per heavy atom. The second kappa shape index (κ2) is 6.25. The highest BCUT2D eigenvalue weighted by Gasteiger charge is 2.18. The summed E-state index contributed by atoms with van der Waals surface area (Å²) in [6.45, 7) is 0.840. The van der Waals surface area contributed by atoms with Crippen LogP contribution in [0.5, 0.6) is 0 Å². The highest BCUT2D eigenvalue weighted by atomic mass is 35.5. The number of halogens is 2. The van der Waals surface area contributed by atoms with Crippen LogP contribution < -0.4 is 5.32 Å². The van der Waals surface area contributed by atoms with Crippen LogP contribution in [0, 0.1) is 0 Å². The fourth-order valence-electron chi connectivity index (χ4n) is 1.69. The van der Waals surface area contributed by atoms with Crippen molar-refractivity contribution in [3.63, 3.8) is 0 Å². The van der Waals surface area contributed by atoms with Crippen LogP contribution in [-0.2, 0) is 9.47 Å². The molecular formula is C13H9Cl2N3O4. The number of hydrogen-bond donors (Lipinski definition) is 1. The molecule has 0 fully saturated rings. The maximum atomic E-state index is 12.1. The number of aromatic nitrogens is 2. The van der Waals surface area contributed by atoms with Gasteiger partial charge in [0, 0.05) is 5.02 Å². The van der Waals surface area contributed by atoms with Gasteiger partial charge in [-0.25, -0.2) is 0 Å². The van der Waals surface area contributed by atoms with Crippen molar-refractivity contribution in [2.75, 3.05) is 18.5 Å². The van der Waals surface area contributed by atoms with Crippen molar-refractivity contribution in [2.24, 2.45) is 0 Å². The van der Waals surface area contributed by atoms with Crippen LogP contribution in [-0.4, -0.2) is 29.3 Å². The second-order valence-electron chi connectivity index (χ2n) is 4.19. The maximum absolute atomic E-state index is 12.1. The van der Waals surface area contributed by atoms with Crippen molar-refractivity contribution in [1.29, 1.82) is 0 Å². The SMILES string of the molecule is O=C(Nc1nnc(C2=COCCO2)o1)c1ccc(Cl)cc1Cl. The van der Waals surface area contributed by atoms with E-state index in [4.69, 9.17) is 37.1 Å². The number of benzene rings is 1. The monoisotopic (exact) mass is 341 g/mol. The molecule has 0 saturated carbocycles. The summed E-state index contributed by atoms with van der Waals surface area (Å²) >= 11 is 11.7. The van der Waals surface area contributed by atoms with E-state index in [0.29, 0.717) is 24.0 Å². The van der Waals surface area contributed by atoms with Crippen LogP contribution in [0.2, 0.25) is 10.0 Å². The smallest absolute Gasteiger partial charge is 0.322 e. The Labute approximate surface area is 134 Å². The van der Waals surface area contributed by atoms with E-state index in [-0.39, 0.29) is 22.5 Å². The summed E-state index contributed by atoms with van der Waals surface area (Å²) in [4.78, 5) is 12.1. The first-order chi connectivity index (χ1) is 10.6. The molecule has 0 spiro atoms. The van der Waals surface area contributed by atoms with E-state index in [1.165, 1.54) is 18.4 Å². The molecule has 0 radical (unpaired) electrons. The Morgan fingerprint density at radius 1 is 1.23 bits per heavy atom. The highest BCUT2D eigenvalue weighted by Crippen LogP contribution is 2.23. The summed E-state index contributed by atoms with van der Waals surface area (Å²) in [5.74, 6) is -0.0763.